The Bertz CT molecular complexity index is 771. The third-order valence-corrected chi connectivity index (χ3v) is 5.44. The van der Waals surface area contributed by atoms with Gasteiger partial charge in [-0.1, -0.05) is 13.0 Å². The lowest BCUT2D eigenvalue weighted by Crippen LogP contribution is -2.14. The van der Waals surface area contributed by atoms with Gasteiger partial charge in [-0.2, -0.15) is 0 Å². The average molecular weight is 330 g/mol. The highest BCUT2D eigenvalue weighted by Gasteiger charge is 2.39. The number of aromatic nitrogens is 1. The molecule has 0 saturated heterocycles. The van der Waals surface area contributed by atoms with Gasteiger partial charge in [0.15, 0.2) is 16.6 Å². The first-order chi connectivity index (χ1) is 11.1. The van der Waals surface area contributed by atoms with Crippen LogP contribution in [-0.2, 0) is 11.2 Å². The first-order valence-corrected chi connectivity index (χ1v) is 8.57. The summed E-state index contributed by atoms with van der Waals surface area (Å²) in [6.07, 6.45) is 1.76. The maximum Gasteiger partial charge on any atom is 0.231 e. The molecule has 2 heterocycles. The lowest BCUT2D eigenvalue weighted by Gasteiger charge is -2.02. The second kappa shape index (κ2) is 5.53. The summed E-state index contributed by atoms with van der Waals surface area (Å²) in [5.74, 6) is 2.35. The quantitative estimate of drug-likeness (QED) is 0.934. The highest BCUT2D eigenvalue weighted by molar-refractivity contribution is 7.15. The van der Waals surface area contributed by atoms with Crippen LogP contribution < -0.4 is 14.8 Å². The number of carbonyl (C=O) groups excluding carboxylic acids is 1. The van der Waals surface area contributed by atoms with E-state index in [1.807, 2.05) is 25.1 Å². The van der Waals surface area contributed by atoms with E-state index in [1.54, 1.807) is 11.3 Å². The zero-order valence-corrected chi connectivity index (χ0v) is 13.9. The molecule has 1 saturated carbocycles. The van der Waals surface area contributed by atoms with Gasteiger partial charge in [-0.15, -0.1) is 11.3 Å². The van der Waals surface area contributed by atoms with E-state index in [2.05, 4.69) is 17.2 Å². The van der Waals surface area contributed by atoms with Crippen molar-refractivity contribution in [2.24, 2.45) is 11.8 Å². The van der Waals surface area contributed by atoms with Crippen LogP contribution in [0.3, 0.4) is 0 Å². The molecule has 0 spiro atoms. The van der Waals surface area contributed by atoms with Gasteiger partial charge in [-0.3, -0.25) is 4.79 Å². The molecule has 1 aromatic carbocycles. The van der Waals surface area contributed by atoms with E-state index in [1.165, 1.54) is 0 Å². The maximum atomic E-state index is 12.0. The first kappa shape index (κ1) is 14.5. The van der Waals surface area contributed by atoms with Crippen LogP contribution in [0.5, 0.6) is 11.5 Å². The van der Waals surface area contributed by atoms with Crippen molar-refractivity contribution < 1.29 is 14.3 Å². The van der Waals surface area contributed by atoms with Crippen molar-refractivity contribution in [2.75, 3.05) is 12.1 Å². The fraction of sp³-hybridized carbons (Fsp3) is 0.412. The molecule has 1 aliphatic carbocycles. The van der Waals surface area contributed by atoms with Gasteiger partial charge in [0.05, 0.1) is 5.69 Å². The number of benzene rings is 1. The standard InChI is InChI=1S/C17H18N2O3S/c1-9-5-12(9)16(20)19-17-18-10(2)15(23-17)7-11-3-4-13-14(6-11)22-8-21-13/h3-4,6,9,12H,5,7-8H2,1-2H3,(H,18,19,20)/t9-,12-/m1/s1. The SMILES string of the molecule is Cc1nc(NC(=O)[C@@H]2C[C@H]2C)sc1Cc1ccc2c(c1)OCO2. The number of nitrogens with zero attached hydrogens (tertiary/aromatic N) is 1. The molecule has 0 unspecified atom stereocenters. The van der Waals surface area contributed by atoms with Crippen molar-refractivity contribution in [2.45, 2.75) is 26.7 Å². The third kappa shape index (κ3) is 2.91. The minimum Gasteiger partial charge on any atom is -0.454 e. The van der Waals surface area contributed by atoms with Crippen LogP contribution in [0.15, 0.2) is 18.2 Å². The molecule has 1 amide bonds. The lowest BCUT2D eigenvalue weighted by molar-refractivity contribution is -0.117. The van der Waals surface area contributed by atoms with E-state index < -0.39 is 0 Å². The van der Waals surface area contributed by atoms with Gasteiger partial charge in [-0.05, 0) is 37.0 Å². The molecular weight excluding hydrogens is 312 g/mol. The number of hydrogen-bond donors (Lipinski definition) is 1. The van der Waals surface area contributed by atoms with Gasteiger partial charge in [-0.25, -0.2) is 4.98 Å². The Morgan fingerprint density at radius 2 is 2.17 bits per heavy atom. The largest absolute Gasteiger partial charge is 0.454 e. The first-order valence-electron chi connectivity index (χ1n) is 7.76. The summed E-state index contributed by atoms with van der Waals surface area (Å²) in [6.45, 7) is 4.37. The van der Waals surface area contributed by atoms with Crippen molar-refractivity contribution in [3.05, 3.63) is 34.3 Å². The van der Waals surface area contributed by atoms with Crippen LogP contribution in [0.1, 0.15) is 29.5 Å². The molecule has 6 heteroatoms. The van der Waals surface area contributed by atoms with E-state index >= 15 is 0 Å². The number of thiazole rings is 1. The van der Waals surface area contributed by atoms with Gasteiger partial charge in [0.2, 0.25) is 12.7 Å². The minimum atomic E-state index is 0.0980. The van der Waals surface area contributed by atoms with Crippen molar-refractivity contribution >= 4 is 22.4 Å². The molecule has 4 rings (SSSR count). The van der Waals surface area contributed by atoms with Crippen LogP contribution in [0.4, 0.5) is 5.13 Å². The van der Waals surface area contributed by atoms with Gasteiger partial charge < -0.3 is 14.8 Å². The van der Waals surface area contributed by atoms with Crippen LogP contribution in [-0.4, -0.2) is 17.7 Å². The maximum absolute atomic E-state index is 12.0. The second-order valence-electron chi connectivity index (χ2n) is 6.20. The van der Waals surface area contributed by atoms with Crippen LogP contribution in [0.2, 0.25) is 0 Å². The molecule has 1 aromatic heterocycles. The molecule has 2 aliphatic rings. The van der Waals surface area contributed by atoms with Crippen LogP contribution in [0.25, 0.3) is 0 Å². The predicted molar refractivity (Wildman–Crippen MR) is 88.1 cm³/mol. The Balaban J connectivity index is 1.48. The Kier molecular flexibility index (Phi) is 3.49. The number of rotatable bonds is 4. The zero-order valence-electron chi connectivity index (χ0n) is 13.1. The molecular formula is C17H18N2O3S. The van der Waals surface area contributed by atoms with Crippen molar-refractivity contribution in [3.8, 4) is 11.5 Å². The van der Waals surface area contributed by atoms with E-state index in [0.717, 1.165) is 40.5 Å². The topological polar surface area (TPSA) is 60.5 Å². The molecule has 120 valence electrons. The summed E-state index contributed by atoms with van der Waals surface area (Å²) in [5.41, 5.74) is 2.11. The molecule has 1 fully saturated rings. The van der Waals surface area contributed by atoms with E-state index in [-0.39, 0.29) is 18.6 Å². The summed E-state index contributed by atoms with van der Waals surface area (Å²) in [7, 11) is 0. The summed E-state index contributed by atoms with van der Waals surface area (Å²) < 4.78 is 10.7. The van der Waals surface area contributed by atoms with Crippen LogP contribution >= 0.6 is 11.3 Å². The van der Waals surface area contributed by atoms with Crippen molar-refractivity contribution in [1.82, 2.24) is 4.98 Å². The number of anilines is 1. The zero-order chi connectivity index (χ0) is 16.0. The Morgan fingerprint density at radius 1 is 1.39 bits per heavy atom. The summed E-state index contributed by atoms with van der Waals surface area (Å²) >= 11 is 1.55. The smallest absolute Gasteiger partial charge is 0.231 e. The second-order valence-corrected chi connectivity index (χ2v) is 7.28. The molecule has 1 aliphatic heterocycles. The van der Waals surface area contributed by atoms with Crippen LogP contribution in [0, 0.1) is 18.8 Å². The number of fused-ring (bicyclic) bond motifs is 1. The molecule has 1 N–H and O–H groups in total. The van der Waals surface area contributed by atoms with Crippen molar-refractivity contribution in [1.29, 1.82) is 0 Å². The summed E-state index contributed by atoms with van der Waals surface area (Å²) in [5, 5.41) is 3.64. The molecule has 23 heavy (non-hydrogen) atoms. The normalized spacial score (nSPS) is 21.3. The Morgan fingerprint density at radius 3 is 2.96 bits per heavy atom. The van der Waals surface area contributed by atoms with E-state index in [9.17, 15) is 4.79 Å². The van der Waals surface area contributed by atoms with Gasteiger partial charge in [0.1, 0.15) is 0 Å². The number of amides is 1. The Hall–Kier alpha value is -2.08. The van der Waals surface area contributed by atoms with E-state index in [0.29, 0.717) is 11.0 Å². The predicted octanol–water partition coefficient (Wildman–Crippen LogP) is 3.37. The molecule has 0 radical (unpaired) electrons. The average Bonchev–Trinajstić information content (AvgIpc) is 2.92. The number of aryl methyl sites for hydroxylation is 1. The lowest BCUT2D eigenvalue weighted by atomic mass is 10.1. The van der Waals surface area contributed by atoms with Gasteiger partial charge in [0.25, 0.3) is 0 Å². The molecule has 5 nitrogen and oxygen atoms in total. The van der Waals surface area contributed by atoms with Gasteiger partial charge >= 0.3 is 0 Å². The highest BCUT2D eigenvalue weighted by Crippen LogP contribution is 2.39. The minimum absolute atomic E-state index is 0.0980. The van der Waals surface area contributed by atoms with Crippen molar-refractivity contribution in [3.63, 3.8) is 0 Å². The monoisotopic (exact) mass is 330 g/mol. The third-order valence-electron chi connectivity index (χ3n) is 4.37. The fourth-order valence-corrected chi connectivity index (χ4v) is 3.77. The number of nitrogens with one attached hydrogen (secondary N) is 1. The molecule has 2 atom stereocenters. The molecule has 2 aromatic rings. The Labute approximate surface area is 138 Å². The van der Waals surface area contributed by atoms with E-state index in [4.69, 9.17) is 9.47 Å². The fourth-order valence-electron chi connectivity index (χ4n) is 2.77. The number of carbonyl (C=O) groups is 1. The summed E-state index contributed by atoms with van der Waals surface area (Å²) in [4.78, 5) is 17.7. The van der Waals surface area contributed by atoms with Gasteiger partial charge in [0, 0.05) is 17.2 Å². The summed E-state index contributed by atoms with van der Waals surface area (Å²) in [6, 6.07) is 5.98. The number of ether oxygens (including phenoxy) is 2. The highest BCUT2D eigenvalue weighted by atomic mass is 32.1. The molecule has 0 bridgehead atoms. The number of hydrogen-bond acceptors (Lipinski definition) is 5.